The summed E-state index contributed by atoms with van der Waals surface area (Å²) in [4.78, 5) is 23.5. The highest BCUT2D eigenvalue weighted by molar-refractivity contribution is 6.30. The first-order chi connectivity index (χ1) is 12.0. The van der Waals surface area contributed by atoms with Crippen LogP contribution in [-0.2, 0) is 11.3 Å². The van der Waals surface area contributed by atoms with Gasteiger partial charge in [-0.25, -0.2) is 4.79 Å². The van der Waals surface area contributed by atoms with Crippen molar-refractivity contribution in [2.75, 3.05) is 24.3 Å². The van der Waals surface area contributed by atoms with Crippen LogP contribution in [0.3, 0.4) is 0 Å². The number of halogens is 1. The van der Waals surface area contributed by atoms with Gasteiger partial charge in [-0.1, -0.05) is 18.5 Å². The van der Waals surface area contributed by atoms with E-state index >= 15 is 0 Å². The number of hydrogen-bond acceptors (Lipinski definition) is 4. The number of hydrogen-bond donors (Lipinski definition) is 3. The van der Waals surface area contributed by atoms with Gasteiger partial charge in [0.15, 0.2) is 0 Å². The molecular weight excluding hydrogens is 346 g/mol. The van der Waals surface area contributed by atoms with Crippen LogP contribution in [0.2, 0.25) is 5.02 Å². The fraction of sp³-hybridized carbons (Fsp3) is 0.312. The quantitative estimate of drug-likeness (QED) is 0.702. The van der Waals surface area contributed by atoms with Crippen molar-refractivity contribution in [1.82, 2.24) is 15.1 Å². The van der Waals surface area contributed by atoms with Crippen molar-refractivity contribution in [3.8, 4) is 5.75 Å². The minimum atomic E-state index is -0.365. The third-order valence-electron chi connectivity index (χ3n) is 3.28. The number of benzene rings is 1. The number of methoxy groups -OCH3 is 1. The zero-order valence-electron chi connectivity index (χ0n) is 14.0. The SMILES string of the molecule is CCC(=O)Nc1cc(NC(=O)NCCn2cc(Cl)cn2)ccc1OC. The van der Waals surface area contributed by atoms with E-state index in [1.165, 1.54) is 13.3 Å². The molecule has 3 N–H and O–H groups in total. The van der Waals surface area contributed by atoms with Gasteiger partial charge in [-0.15, -0.1) is 0 Å². The molecule has 0 atom stereocenters. The van der Waals surface area contributed by atoms with E-state index in [0.717, 1.165) is 0 Å². The van der Waals surface area contributed by atoms with Gasteiger partial charge in [0.05, 0.1) is 30.6 Å². The number of carbonyl (C=O) groups excluding carboxylic acids is 2. The Bertz CT molecular complexity index is 747. The Morgan fingerprint density at radius 3 is 2.76 bits per heavy atom. The van der Waals surface area contributed by atoms with Gasteiger partial charge >= 0.3 is 6.03 Å². The van der Waals surface area contributed by atoms with Crippen LogP contribution in [0.4, 0.5) is 16.2 Å². The molecule has 0 aliphatic rings. The number of urea groups is 1. The van der Waals surface area contributed by atoms with E-state index in [1.54, 1.807) is 36.0 Å². The molecule has 25 heavy (non-hydrogen) atoms. The number of nitrogens with one attached hydrogen (secondary N) is 3. The van der Waals surface area contributed by atoms with Crippen molar-refractivity contribution in [3.63, 3.8) is 0 Å². The van der Waals surface area contributed by atoms with E-state index in [1.807, 2.05) is 0 Å². The molecular formula is C16H20ClN5O3. The molecule has 134 valence electrons. The zero-order valence-corrected chi connectivity index (χ0v) is 14.8. The summed E-state index contributed by atoms with van der Waals surface area (Å²) in [5.41, 5.74) is 1.03. The predicted molar refractivity (Wildman–Crippen MR) is 96.2 cm³/mol. The molecule has 2 rings (SSSR count). The van der Waals surface area contributed by atoms with Crippen molar-refractivity contribution in [2.24, 2.45) is 0 Å². The smallest absolute Gasteiger partial charge is 0.319 e. The Labute approximate surface area is 150 Å². The first-order valence-corrected chi connectivity index (χ1v) is 8.10. The van der Waals surface area contributed by atoms with Gasteiger partial charge in [-0.3, -0.25) is 9.48 Å². The van der Waals surface area contributed by atoms with Crippen LogP contribution in [0.15, 0.2) is 30.6 Å². The summed E-state index contributed by atoms with van der Waals surface area (Å²) >= 11 is 5.77. The Balaban J connectivity index is 1.90. The summed E-state index contributed by atoms with van der Waals surface area (Å²) in [5, 5.41) is 12.7. The van der Waals surface area contributed by atoms with Crippen molar-refractivity contribution < 1.29 is 14.3 Å². The lowest BCUT2D eigenvalue weighted by atomic mass is 10.2. The lowest BCUT2D eigenvalue weighted by Gasteiger charge is -2.13. The van der Waals surface area contributed by atoms with Gasteiger partial charge in [0, 0.05) is 24.8 Å². The highest BCUT2D eigenvalue weighted by Crippen LogP contribution is 2.27. The number of nitrogens with zero attached hydrogens (tertiary/aromatic N) is 2. The maximum absolute atomic E-state index is 12.0. The molecule has 1 aromatic carbocycles. The molecule has 0 bridgehead atoms. The second-order valence-electron chi connectivity index (χ2n) is 5.12. The lowest BCUT2D eigenvalue weighted by molar-refractivity contribution is -0.115. The third kappa shape index (κ3) is 5.68. The maximum atomic E-state index is 12.0. The average Bonchev–Trinajstić information content (AvgIpc) is 3.00. The Morgan fingerprint density at radius 1 is 1.32 bits per heavy atom. The number of carbonyl (C=O) groups is 2. The summed E-state index contributed by atoms with van der Waals surface area (Å²) in [6, 6.07) is 4.63. The molecule has 9 heteroatoms. The number of rotatable bonds is 7. The molecule has 0 spiro atoms. The molecule has 1 heterocycles. The number of anilines is 2. The van der Waals surface area contributed by atoms with Crippen LogP contribution in [-0.4, -0.2) is 35.4 Å². The topological polar surface area (TPSA) is 97.3 Å². The van der Waals surface area contributed by atoms with Gasteiger partial charge < -0.3 is 20.7 Å². The minimum absolute atomic E-state index is 0.141. The third-order valence-corrected chi connectivity index (χ3v) is 3.48. The van der Waals surface area contributed by atoms with Crippen molar-refractivity contribution >= 4 is 34.9 Å². The Hall–Kier alpha value is -2.74. The fourth-order valence-corrected chi connectivity index (χ4v) is 2.20. The van der Waals surface area contributed by atoms with Crippen LogP contribution < -0.4 is 20.7 Å². The summed E-state index contributed by atoms with van der Waals surface area (Å²) in [6.07, 6.45) is 3.55. The molecule has 0 radical (unpaired) electrons. The monoisotopic (exact) mass is 365 g/mol. The van der Waals surface area contributed by atoms with Crippen molar-refractivity contribution in [1.29, 1.82) is 0 Å². The molecule has 0 saturated carbocycles. The van der Waals surface area contributed by atoms with E-state index in [0.29, 0.717) is 41.7 Å². The van der Waals surface area contributed by atoms with E-state index in [4.69, 9.17) is 16.3 Å². The Morgan fingerprint density at radius 2 is 2.12 bits per heavy atom. The van der Waals surface area contributed by atoms with E-state index in [-0.39, 0.29) is 11.9 Å². The van der Waals surface area contributed by atoms with Gasteiger partial charge in [0.1, 0.15) is 5.75 Å². The molecule has 3 amide bonds. The second kappa shape index (κ2) is 8.93. The van der Waals surface area contributed by atoms with Gasteiger partial charge in [-0.2, -0.15) is 5.10 Å². The van der Waals surface area contributed by atoms with Crippen LogP contribution in [0, 0.1) is 0 Å². The fourth-order valence-electron chi connectivity index (χ4n) is 2.04. The van der Waals surface area contributed by atoms with Gasteiger partial charge in [0.25, 0.3) is 0 Å². The maximum Gasteiger partial charge on any atom is 0.319 e. The number of aromatic nitrogens is 2. The standard InChI is InChI=1S/C16H20ClN5O3/c1-3-15(23)21-13-8-12(4-5-14(13)25-2)20-16(24)18-6-7-22-10-11(17)9-19-22/h4-5,8-10H,3,6-7H2,1-2H3,(H,21,23)(H2,18,20,24). The lowest BCUT2D eigenvalue weighted by Crippen LogP contribution is -2.31. The van der Waals surface area contributed by atoms with Crippen LogP contribution in [0.1, 0.15) is 13.3 Å². The van der Waals surface area contributed by atoms with Crippen molar-refractivity contribution in [3.05, 3.63) is 35.6 Å². The Kier molecular flexibility index (Phi) is 6.64. The van der Waals surface area contributed by atoms with Crippen LogP contribution in [0.25, 0.3) is 0 Å². The molecule has 0 unspecified atom stereocenters. The minimum Gasteiger partial charge on any atom is -0.495 e. The summed E-state index contributed by atoms with van der Waals surface area (Å²) in [5.74, 6) is 0.376. The molecule has 2 aromatic rings. The summed E-state index contributed by atoms with van der Waals surface area (Å²) < 4.78 is 6.84. The molecule has 0 saturated heterocycles. The van der Waals surface area contributed by atoms with E-state index in [9.17, 15) is 9.59 Å². The van der Waals surface area contributed by atoms with Crippen LogP contribution >= 0.6 is 11.6 Å². The summed E-state index contributed by atoms with van der Waals surface area (Å²) in [7, 11) is 1.51. The van der Waals surface area contributed by atoms with Gasteiger partial charge in [0.2, 0.25) is 5.91 Å². The average molecular weight is 366 g/mol. The molecule has 0 fully saturated rings. The normalized spacial score (nSPS) is 10.2. The van der Waals surface area contributed by atoms with Crippen molar-refractivity contribution in [2.45, 2.75) is 19.9 Å². The predicted octanol–water partition coefficient (Wildman–Crippen LogP) is 2.72. The zero-order chi connectivity index (χ0) is 18.2. The first-order valence-electron chi connectivity index (χ1n) is 7.72. The van der Waals surface area contributed by atoms with Crippen LogP contribution in [0.5, 0.6) is 5.75 Å². The molecule has 0 aliphatic heterocycles. The van der Waals surface area contributed by atoms with E-state index in [2.05, 4.69) is 21.0 Å². The number of ether oxygens (including phenoxy) is 1. The highest BCUT2D eigenvalue weighted by atomic mass is 35.5. The largest absolute Gasteiger partial charge is 0.495 e. The van der Waals surface area contributed by atoms with Gasteiger partial charge in [-0.05, 0) is 18.2 Å². The second-order valence-corrected chi connectivity index (χ2v) is 5.56. The molecule has 0 aliphatic carbocycles. The molecule has 1 aromatic heterocycles. The number of amides is 3. The summed E-state index contributed by atoms with van der Waals surface area (Å²) in [6.45, 7) is 2.64. The molecule has 8 nitrogen and oxygen atoms in total. The van der Waals surface area contributed by atoms with E-state index < -0.39 is 0 Å². The first kappa shape index (κ1) is 18.6. The highest BCUT2D eigenvalue weighted by Gasteiger charge is 2.09.